The van der Waals surface area contributed by atoms with Gasteiger partial charge in [-0.2, -0.15) is 4.99 Å². The Bertz CT molecular complexity index is 543. The first-order valence-corrected chi connectivity index (χ1v) is 6.75. The third-order valence-corrected chi connectivity index (χ3v) is 3.46. The largest absolute Gasteiger partial charge is 0.385 e. The first kappa shape index (κ1) is 14.2. The van der Waals surface area contributed by atoms with Crippen molar-refractivity contribution in [3.8, 4) is 0 Å². The van der Waals surface area contributed by atoms with Crippen molar-refractivity contribution in [1.29, 1.82) is 0 Å². The molecule has 6 heteroatoms. The summed E-state index contributed by atoms with van der Waals surface area (Å²) in [5.41, 5.74) is 6.58. The minimum atomic E-state index is -0.430. The molecule has 0 aromatic heterocycles. The minimum Gasteiger partial charge on any atom is -0.385 e. The van der Waals surface area contributed by atoms with Crippen LogP contribution in [0.25, 0.3) is 0 Å². The van der Waals surface area contributed by atoms with Crippen molar-refractivity contribution >= 4 is 35.1 Å². The Morgan fingerprint density at radius 2 is 2.11 bits per heavy atom. The molecule has 2 N–H and O–H groups in total. The molecule has 1 aliphatic heterocycles. The van der Waals surface area contributed by atoms with Crippen LogP contribution in [0.2, 0.25) is 10.0 Å². The second kappa shape index (κ2) is 5.39. The van der Waals surface area contributed by atoms with Crippen molar-refractivity contribution < 1.29 is 4.79 Å². The summed E-state index contributed by atoms with van der Waals surface area (Å²) in [5, 5.41) is 1.08. The second-order valence-corrected chi connectivity index (χ2v) is 5.78. The molecule has 2 rings (SSSR count). The zero-order valence-electron chi connectivity index (χ0n) is 10.7. The van der Waals surface area contributed by atoms with E-state index in [1.807, 2.05) is 13.8 Å². The number of urea groups is 1. The number of benzene rings is 1. The molecule has 1 aliphatic rings. The molecule has 102 valence electrons. The molecule has 1 aromatic rings. The smallest absolute Gasteiger partial charge is 0.346 e. The lowest BCUT2D eigenvalue weighted by atomic mass is 10.0. The van der Waals surface area contributed by atoms with E-state index in [9.17, 15) is 4.79 Å². The number of hydrogen-bond acceptors (Lipinski definition) is 2. The van der Waals surface area contributed by atoms with Crippen LogP contribution in [0.4, 0.5) is 4.79 Å². The molecule has 1 heterocycles. The van der Waals surface area contributed by atoms with Gasteiger partial charge in [0.05, 0.1) is 0 Å². The standard InChI is InChI=1S/C13H15Cl2N3O/c1-7(2)6-18-11(12(16)17-13(18)19)9-5-8(14)3-4-10(9)15/h3-5,7,11H,6H2,1-2H3,(H2,16,17,19). The lowest BCUT2D eigenvalue weighted by molar-refractivity contribution is 0.199. The van der Waals surface area contributed by atoms with Crippen molar-refractivity contribution in [2.24, 2.45) is 16.6 Å². The molecule has 0 radical (unpaired) electrons. The highest BCUT2D eigenvalue weighted by molar-refractivity contribution is 6.34. The summed E-state index contributed by atoms with van der Waals surface area (Å²) >= 11 is 12.2. The van der Waals surface area contributed by atoms with E-state index >= 15 is 0 Å². The number of carbonyl (C=O) groups is 1. The fraction of sp³-hybridized carbons (Fsp3) is 0.385. The molecule has 0 saturated carbocycles. The average Bonchev–Trinajstić information content (AvgIpc) is 2.57. The molecule has 1 unspecified atom stereocenters. The van der Waals surface area contributed by atoms with Crippen LogP contribution in [-0.4, -0.2) is 23.3 Å². The highest BCUT2D eigenvalue weighted by Crippen LogP contribution is 2.34. The third kappa shape index (κ3) is 2.85. The maximum Gasteiger partial charge on any atom is 0.346 e. The SMILES string of the molecule is CC(C)CN1C(=O)N=C(N)C1c1cc(Cl)ccc1Cl. The summed E-state index contributed by atoms with van der Waals surface area (Å²) in [6.45, 7) is 4.62. The van der Waals surface area contributed by atoms with E-state index in [1.54, 1.807) is 23.1 Å². The number of amidine groups is 1. The predicted molar refractivity (Wildman–Crippen MR) is 77.8 cm³/mol. The highest BCUT2D eigenvalue weighted by atomic mass is 35.5. The number of rotatable bonds is 3. The maximum absolute atomic E-state index is 11.9. The molecule has 1 aromatic carbocycles. The predicted octanol–water partition coefficient (Wildman–Crippen LogP) is 3.48. The normalized spacial score (nSPS) is 19.2. The van der Waals surface area contributed by atoms with Gasteiger partial charge >= 0.3 is 6.03 Å². The van der Waals surface area contributed by atoms with Gasteiger partial charge in [-0.1, -0.05) is 37.0 Å². The lowest BCUT2D eigenvalue weighted by Gasteiger charge is -2.26. The Hall–Kier alpha value is -1.26. The van der Waals surface area contributed by atoms with Gasteiger partial charge in [-0.05, 0) is 24.1 Å². The number of nitrogens with zero attached hydrogens (tertiary/aromatic N) is 2. The Morgan fingerprint density at radius 1 is 1.42 bits per heavy atom. The lowest BCUT2D eigenvalue weighted by Crippen LogP contribution is -2.36. The summed E-state index contributed by atoms with van der Waals surface area (Å²) < 4.78 is 0. The van der Waals surface area contributed by atoms with Gasteiger partial charge in [-0.3, -0.25) is 0 Å². The number of hydrogen-bond donors (Lipinski definition) is 1. The quantitative estimate of drug-likeness (QED) is 0.929. The zero-order valence-corrected chi connectivity index (χ0v) is 12.2. The van der Waals surface area contributed by atoms with Crippen LogP contribution < -0.4 is 5.73 Å². The molecule has 1 atom stereocenters. The van der Waals surface area contributed by atoms with Crippen LogP contribution in [0.1, 0.15) is 25.5 Å². The van der Waals surface area contributed by atoms with Gasteiger partial charge in [0.25, 0.3) is 0 Å². The Kier molecular flexibility index (Phi) is 4.02. The van der Waals surface area contributed by atoms with Gasteiger partial charge in [-0.15, -0.1) is 0 Å². The maximum atomic E-state index is 11.9. The van der Waals surface area contributed by atoms with E-state index in [0.717, 1.165) is 0 Å². The summed E-state index contributed by atoms with van der Waals surface area (Å²) in [6.07, 6.45) is 0. The Morgan fingerprint density at radius 3 is 2.74 bits per heavy atom. The summed E-state index contributed by atoms with van der Waals surface area (Å²) in [7, 11) is 0. The van der Waals surface area contributed by atoms with E-state index in [4.69, 9.17) is 28.9 Å². The fourth-order valence-corrected chi connectivity index (χ4v) is 2.54. The van der Waals surface area contributed by atoms with Crippen LogP contribution >= 0.6 is 23.2 Å². The van der Waals surface area contributed by atoms with Gasteiger partial charge in [0.2, 0.25) is 0 Å². The molecular formula is C13H15Cl2N3O. The van der Waals surface area contributed by atoms with Gasteiger partial charge in [0.15, 0.2) is 0 Å². The first-order chi connectivity index (χ1) is 8.90. The summed E-state index contributed by atoms with van der Waals surface area (Å²) in [6, 6.07) is 4.36. The van der Waals surface area contributed by atoms with Crippen molar-refractivity contribution in [2.75, 3.05) is 6.54 Å². The van der Waals surface area contributed by atoms with E-state index in [0.29, 0.717) is 28.1 Å². The molecule has 0 spiro atoms. The number of nitrogens with two attached hydrogens (primary N) is 1. The molecule has 0 fully saturated rings. The minimum absolute atomic E-state index is 0.259. The number of halogens is 2. The fourth-order valence-electron chi connectivity index (χ4n) is 2.13. The molecular weight excluding hydrogens is 285 g/mol. The van der Waals surface area contributed by atoms with Crippen LogP contribution in [0.15, 0.2) is 23.2 Å². The van der Waals surface area contributed by atoms with E-state index in [-0.39, 0.29) is 11.9 Å². The van der Waals surface area contributed by atoms with Crippen LogP contribution in [0.5, 0.6) is 0 Å². The van der Waals surface area contributed by atoms with Gasteiger partial charge in [0.1, 0.15) is 11.9 Å². The molecule has 0 bridgehead atoms. The first-order valence-electron chi connectivity index (χ1n) is 5.99. The average molecular weight is 300 g/mol. The molecule has 0 saturated heterocycles. The number of amides is 2. The number of aliphatic imine (C=N–C) groups is 1. The van der Waals surface area contributed by atoms with Crippen LogP contribution in [0, 0.1) is 5.92 Å². The van der Waals surface area contributed by atoms with E-state index in [2.05, 4.69) is 4.99 Å². The highest BCUT2D eigenvalue weighted by Gasteiger charge is 2.36. The van der Waals surface area contributed by atoms with E-state index < -0.39 is 6.04 Å². The van der Waals surface area contributed by atoms with Crippen molar-refractivity contribution in [3.05, 3.63) is 33.8 Å². The monoisotopic (exact) mass is 299 g/mol. The van der Waals surface area contributed by atoms with E-state index in [1.165, 1.54) is 0 Å². The molecule has 19 heavy (non-hydrogen) atoms. The Labute approximate surface area is 122 Å². The summed E-state index contributed by atoms with van der Waals surface area (Å²) in [4.78, 5) is 17.3. The number of carbonyl (C=O) groups excluding carboxylic acids is 1. The molecule has 2 amide bonds. The Balaban J connectivity index is 2.42. The molecule has 0 aliphatic carbocycles. The van der Waals surface area contributed by atoms with Crippen LogP contribution in [-0.2, 0) is 0 Å². The van der Waals surface area contributed by atoms with Crippen molar-refractivity contribution in [1.82, 2.24) is 4.90 Å². The van der Waals surface area contributed by atoms with Crippen molar-refractivity contribution in [3.63, 3.8) is 0 Å². The van der Waals surface area contributed by atoms with Crippen molar-refractivity contribution in [2.45, 2.75) is 19.9 Å². The third-order valence-electron chi connectivity index (χ3n) is 2.88. The zero-order chi connectivity index (χ0) is 14.2. The topological polar surface area (TPSA) is 58.7 Å². The summed E-state index contributed by atoms with van der Waals surface area (Å²) in [5.74, 6) is 0.570. The van der Waals surface area contributed by atoms with Gasteiger partial charge in [0, 0.05) is 22.2 Å². The van der Waals surface area contributed by atoms with Gasteiger partial charge < -0.3 is 10.6 Å². The molecule has 4 nitrogen and oxygen atoms in total. The second-order valence-electron chi connectivity index (χ2n) is 4.93. The van der Waals surface area contributed by atoms with Gasteiger partial charge in [-0.25, -0.2) is 4.79 Å². The van der Waals surface area contributed by atoms with Crippen LogP contribution in [0.3, 0.4) is 0 Å².